The second kappa shape index (κ2) is 8.31. The molecule has 1 N–H and O–H groups in total. The number of hydrogen-bond acceptors (Lipinski definition) is 3. The quantitative estimate of drug-likeness (QED) is 0.562. The molecule has 28 heavy (non-hydrogen) atoms. The highest BCUT2D eigenvalue weighted by molar-refractivity contribution is 5.92. The lowest BCUT2D eigenvalue weighted by atomic mass is 9.98. The van der Waals surface area contributed by atoms with Crippen LogP contribution in [-0.4, -0.2) is 20.9 Å². The van der Waals surface area contributed by atoms with E-state index in [4.69, 9.17) is 0 Å². The van der Waals surface area contributed by atoms with Crippen molar-refractivity contribution >= 4 is 5.91 Å². The molecule has 5 heteroatoms. The molecule has 0 aliphatic carbocycles. The Labute approximate surface area is 163 Å². The van der Waals surface area contributed by atoms with Gasteiger partial charge in [0.15, 0.2) is 5.69 Å². The second-order valence-electron chi connectivity index (χ2n) is 6.51. The number of carbonyl (C=O) groups excluding carboxylic acids is 1. The molecule has 138 valence electrons. The molecule has 0 saturated carbocycles. The van der Waals surface area contributed by atoms with E-state index in [1.807, 2.05) is 91.0 Å². The van der Waals surface area contributed by atoms with E-state index in [9.17, 15) is 4.79 Å². The summed E-state index contributed by atoms with van der Waals surface area (Å²) in [6, 6.07) is 29.5. The summed E-state index contributed by atoms with van der Waals surface area (Å²) in [6.07, 6.45) is 1.68. The minimum absolute atomic E-state index is 0.253. The first kappa shape index (κ1) is 17.7. The summed E-state index contributed by atoms with van der Waals surface area (Å²) < 4.78 is 1.67. The Morgan fingerprint density at radius 3 is 1.93 bits per heavy atom. The molecular formula is C23H20N4O. The monoisotopic (exact) mass is 368 g/mol. The fourth-order valence-electron chi connectivity index (χ4n) is 3.11. The predicted octanol–water partition coefficient (Wildman–Crippen LogP) is 3.85. The minimum atomic E-state index is -0.255. The van der Waals surface area contributed by atoms with Gasteiger partial charge in [0, 0.05) is 0 Å². The van der Waals surface area contributed by atoms with Gasteiger partial charge < -0.3 is 5.32 Å². The third-order valence-corrected chi connectivity index (χ3v) is 4.50. The SMILES string of the molecule is O=C(NC(c1ccccc1)c1ccccc1)c1cn(Cc2ccccc2)nn1. The van der Waals surface area contributed by atoms with Gasteiger partial charge in [-0.25, -0.2) is 4.68 Å². The van der Waals surface area contributed by atoms with Crippen molar-refractivity contribution in [3.8, 4) is 0 Å². The maximum absolute atomic E-state index is 12.8. The number of amides is 1. The zero-order valence-electron chi connectivity index (χ0n) is 15.3. The largest absolute Gasteiger partial charge is 0.340 e. The molecule has 1 heterocycles. The highest BCUT2D eigenvalue weighted by Crippen LogP contribution is 2.22. The summed E-state index contributed by atoms with van der Waals surface area (Å²) in [5, 5.41) is 11.2. The van der Waals surface area contributed by atoms with Gasteiger partial charge >= 0.3 is 0 Å². The van der Waals surface area contributed by atoms with Crippen LogP contribution in [0.4, 0.5) is 0 Å². The summed E-state index contributed by atoms with van der Waals surface area (Å²) in [4.78, 5) is 12.8. The molecular weight excluding hydrogens is 348 g/mol. The van der Waals surface area contributed by atoms with Gasteiger partial charge in [0.1, 0.15) is 0 Å². The van der Waals surface area contributed by atoms with Gasteiger partial charge in [0.05, 0.1) is 18.8 Å². The van der Waals surface area contributed by atoms with Gasteiger partial charge in [0.25, 0.3) is 5.91 Å². The van der Waals surface area contributed by atoms with E-state index in [0.717, 1.165) is 16.7 Å². The summed E-state index contributed by atoms with van der Waals surface area (Å²) in [5.74, 6) is -0.253. The van der Waals surface area contributed by atoms with E-state index in [1.165, 1.54) is 0 Å². The Morgan fingerprint density at radius 1 is 0.821 bits per heavy atom. The Balaban J connectivity index is 1.54. The van der Waals surface area contributed by atoms with Gasteiger partial charge in [0.2, 0.25) is 0 Å². The van der Waals surface area contributed by atoms with Crippen LogP contribution in [0, 0.1) is 0 Å². The van der Waals surface area contributed by atoms with Gasteiger partial charge in [-0.1, -0.05) is 96.2 Å². The second-order valence-corrected chi connectivity index (χ2v) is 6.51. The lowest BCUT2D eigenvalue weighted by molar-refractivity contribution is 0.0938. The van der Waals surface area contributed by atoms with Crippen molar-refractivity contribution in [2.45, 2.75) is 12.6 Å². The molecule has 0 radical (unpaired) electrons. The summed E-state index contributed by atoms with van der Waals surface area (Å²) >= 11 is 0. The summed E-state index contributed by atoms with van der Waals surface area (Å²) in [5.41, 5.74) is 3.43. The molecule has 0 unspecified atom stereocenters. The lowest BCUT2D eigenvalue weighted by Crippen LogP contribution is -2.29. The molecule has 0 bridgehead atoms. The third-order valence-electron chi connectivity index (χ3n) is 4.50. The van der Waals surface area contributed by atoms with Crippen LogP contribution < -0.4 is 5.32 Å². The van der Waals surface area contributed by atoms with Gasteiger partial charge in [-0.3, -0.25) is 4.79 Å². The van der Waals surface area contributed by atoms with E-state index < -0.39 is 0 Å². The molecule has 4 aromatic rings. The van der Waals surface area contributed by atoms with Crippen molar-refractivity contribution in [3.05, 3.63) is 120 Å². The molecule has 0 aliphatic rings. The van der Waals surface area contributed by atoms with Crippen molar-refractivity contribution < 1.29 is 4.79 Å². The first-order valence-electron chi connectivity index (χ1n) is 9.14. The molecule has 1 aromatic heterocycles. The summed E-state index contributed by atoms with van der Waals surface area (Å²) in [7, 11) is 0. The van der Waals surface area contributed by atoms with Crippen molar-refractivity contribution in [2.24, 2.45) is 0 Å². The Hall–Kier alpha value is -3.73. The Kier molecular flexibility index (Phi) is 5.24. The van der Waals surface area contributed by atoms with Gasteiger partial charge in [-0.15, -0.1) is 5.10 Å². The zero-order valence-corrected chi connectivity index (χ0v) is 15.3. The molecule has 0 aliphatic heterocycles. The van der Waals surface area contributed by atoms with E-state index >= 15 is 0 Å². The Morgan fingerprint density at radius 2 is 1.36 bits per heavy atom. The van der Waals surface area contributed by atoms with E-state index in [2.05, 4.69) is 15.6 Å². The van der Waals surface area contributed by atoms with E-state index in [-0.39, 0.29) is 11.9 Å². The molecule has 5 nitrogen and oxygen atoms in total. The highest BCUT2D eigenvalue weighted by Gasteiger charge is 2.19. The minimum Gasteiger partial charge on any atom is -0.340 e. The average molecular weight is 368 g/mol. The van der Waals surface area contributed by atoms with E-state index in [0.29, 0.717) is 12.2 Å². The first-order valence-corrected chi connectivity index (χ1v) is 9.14. The number of rotatable bonds is 6. The molecule has 0 atom stereocenters. The average Bonchev–Trinajstić information content (AvgIpc) is 3.22. The van der Waals surface area contributed by atoms with Crippen LogP contribution in [0.3, 0.4) is 0 Å². The number of aromatic nitrogens is 3. The molecule has 0 spiro atoms. The van der Waals surface area contributed by atoms with Crippen LogP contribution >= 0.6 is 0 Å². The fraction of sp³-hybridized carbons (Fsp3) is 0.0870. The van der Waals surface area contributed by atoms with Crippen molar-refractivity contribution in [1.29, 1.82) is 0 Å². The predicted molar refractivity (Wildman–Crippen MR) is 108 cm³/mol. The van der Waals surface area contributed by atoms with Crippen molar-refractivity contribution in [1.82, 2.24) is 20.3 Å². The van der Waals surface area contributed by atoms with Crippen molar-refractivity contribution in [2.75, 3.05) is 0 Å². The van der Waals surface area contributed by atoms with E-state index in [1.54, 1.807) is 10.9 Å². The number of benzene rings is 3. The molecule has 0 saturated heterocycles. The van der Waals surface area contributed by atoms with Gasteiger partial charge in [-0.2, -0.15) is 0 Å². The number of nitrogens with zero attached hydrogens (tertiary/aromatic N) is 3. The Bertz CT molecular complexity index is 990. The summed E-state index contributed by atoms with van der Waals surface area (Å²) in [6.45, 7) is 0.571. The lowest BCUT2D eigenvalue weighted by Gasteiger charge is -2.19. The maximum atomic E-state index is 12.8. The van der Waals surface area contributed by atoms with Crippen LogP contribution in [0.2, 0.25) is 0 Å². The topological polar surface area (TPSA) is 59.8 Å². The van der Waals surface area contributed by atoms with Crippen LogP contribution in [0.15, 0.2) is 97.2 Å². The fourth-order valence-corrected chi connectivity index (χ4v) is 3.11. The molecule has 4 rings (SSSR count). The van der Waals surface area contributed by atoms with Gasteiger partial charge in [-0.05, 0) is 16.7 Å². The van der Waals surface area contributed by atoms with Crippen LogP contribution in [0.1, 0.15) is 33.2 Å². The highest BCUT2D eigenvalue weighted by atomic mass is 16.2. The van der Waals surface area contributed by atoms with Crippen LogP contribution in [0.25, 0.3) is 0 Å². The molecule has 0 fully saturated rings. The van der Waals surface area contributed by atoms with Crippen LogP contribution in [-0.2, 0) is 6.54 Å². The normalized spacial score (nSPS) is 10.8. The number of nitrogens with one attached hydrogen (secondary N) is 1. The van der Waals surface area contributed by atoms with Crippen molar-refractivity contribution in [3.63, 3.8) is 0 Å². The third kappa shape index (κ3) is 4.15. The first-order chi connectivity index (χ1) is 13.8. The number of hydrogen-bond donors (Lipinski definition) is 1. The number of carbonyl (C=O) groups is 1. The van der Waals surface area contributed by atoms with Crippen LogP contribution in [0.5, 0.6) is 0 Å². The molecule has 1 amide bonds. The zero-order chi connectivity index (χ0) is 19.2. The standard InChI is InChI=1S/C23H20N4O/c28-23(21-17-27(26-25-21)16-18-10-4-1-5-11-18)24-22(19-12-6-2-7-13-19)20-14-8-3-9-15-20/h1-15,17,22H,16H2,(H,24,28). The molecule has 3 aromatic carbocycles. The smallest absolute Gasteiger partial charge is 0.274 e. The maximum Gasteiger partial charge on any atom is 0.274 e.